The first-order chi connectivity index (χ1) is 15.6. The Hall–Kier alpha value is -4.08. The number of rotatable bonds is 2. The third kappa shape index (κ3) is 4.45. The Morgan fingerprint density at radius 1 is 1.15 bits per heavy atom. The zero-order valence-corrected chi connectivity index (χ0v) is 17.4. The van der Waals surface area contributed by atoms with Gasteiger partial charge in [0.25, 0.3) is 5.91 Å². The molecule has 3 aromatic heterocycles. The molecule has 0 saturated carbocycles. The molecule has 1 aromatic carbocycles. The van der Waals surface area contributed by atoms with E-state index in [4.69, 9.17) is 9.90 Å². The third-order valence-electron chi connectivity index (χ3n) is 5.33. The number of hydrogen-bond donors (Lipinski definition) is 3. The summed E-state index contributed by atoms with van der Waals surface area (Å²) in [4.78, 5) is 28.9. The first kappa shape index (κ1) is 22.1. The van der Waals surface area contributed by atoms with Crippen LogP contribution in [-0.4, -0.2) is 44.2 Å². The van der Waals surface area contributed by atoms with Gasteiger partial charge in [-0.15, -0.1) is 0 Å². The van der Waals surface area contributed by atoms with Gasteiger partial charge in [0.1, 0.15) is 0 Å². The molecule has 0 spiro atoms. The number of carboxylic acids is 1. The van der Waals surface area contributed by atoms with Crippen molar-refractivity contribution in [2.45, 2.75) is 12.6 Å². The lowest BCUT2D eigenvalue weighted by molar-refractivity contribution is -0.192. The molecule has 4 heterocycles. The Morgan fingerprint density at radius 2 is 1.88 bits per heavy atom. The van der Waals surface area contributed by atoms with E-state index in [1.54, 1.807) is 0 Å². The number of carbonyl (C=O) groups is 2. The molecule has 1 aliphatic rings. The molecule has 0 unspecified atom stereocenters. The van der Waals surface area contributed by atoms with Gasteiger partial charge in [0.2, 0.25) is 0 Å². The van der Waals surface area contributed by atoms with Crippen LogP contribution in [0.1, 0.15) is 16.1 Å². The number of nitrogens with zero attached hydrogens (tertiary/aromatic N) is 2. The minimum Gasteiger partial charge on any atom is -0.475 e. The number of halogens is 3. The predicted octanol–water partition coefficient (Wildman–Crippen LogP) is 4.15. The summed E-state index contributed by atoms with van der Waals surface area (Å²) in [6.07, 6.45) is -2.43. The van der Waals surface area contributed by atoms with Crippen molar-refractivity contribution in [2.24, 2.45) is 7.05 Å². The van der Waals surface area contributed by atoms with Gasteiger partial charge in [-0.3, -0.25) is 9.78 Å². The molecule has 170 valence electrons. The van der Waals surface area contributed by atoms with Crippen molar-refractivity contribution in [1.29, 1.82) is 0 Å². The number of amides is 1. The molecule has 7 nitrogen and oxygen atoms in total. The van der Waals surface area contributed by atoms with E-state index in [1.165, 1.54) is 10.9 Å². The van der Waals surface area contributed by atoms with E-state index in [2.05, 4.69) is 51.2 Å². The molecular weight excluding hydrogens is 437 g/mol. The van der Waals surface area contributed by atoms with Crippen LogP contribution in [0.3, 0.4) is 0 Å². The van der Waals surface area contributed by atoms with Crippen molar-refractivity contribution in [3.63, 3.8) is 0 Å². The number of fused-ring (bicyclic) bond motifs is 2. The molecule has 5 rings (SSSR count). The maximum absolute atomic E-state index is 12.0. The van der Waals surface area contributed by atoms with Gasteiger partial charge in [-0.25, -0.2) is 4.79 Å². The van der Waals surface area contributed by atoms with Crippen LogP contribution in [0.4, 0.5) is 13.2 Å². The van der Waals surface area contributed by atoms with Crippen molar-refractivity contribution in [3.05, 3.63) is 66.0 Å². The highest BCUT2D eigenvalue weighted by molar-refractivity contribution is 5.98. The molecule has 1 aliphatic heterocycles. The highest BCUT2D eigenvalue weighted by Crippen LogP contribution is 2.30. The lowest BCUT2D eigenvalue weighted by atomic mass is 10.1. The van der Waals surface area contributed by atoms with Crippen molar-refractivity contribution in [3.8, 4) is 22.6 Å². The number of nitrogens with one attached hydrogen (secondary N) is 2. The van der Waals surface area contributed by atoms with Gasteiger partial charge in [0.15, 0.2) is 0 Å². The predicted molar refractivity (Wildman–Crippen MR) is 116 cm³/mol. The van der Waals surface area contributed by atoms with E-state index < -0.39 is 12.1 Å². The lowest BCUT2D eigenvalue weighted by Gasteiger charge is -2.11. The number of H-pyrrole nitrogens is 1. The maximum Gasteiger partial charge on any atom is 0.490 e. The highest BCUT2D eigenvalue weighted by Gasteiger charge is 2.38. The molecule has 0 aliphatic carbocycles. The Morgan fingerprint density at radius 3 is 2.55 bits per heavy atom. The summed E-state index contributed by atoms with van der Waals surface area (Å²) in [5.41, 5.74) is 6.90. The number of hydrogen-bond acceptors (Lipinski definition) is 3. The van der Waals surface area contributed by atoms with Gasteiger partial charge in [-0.2, -0.15) is 13.2 Å². The number of carboxylic acid groups (broad SMARTS) is 1. The summed E-state index contributed by atoms with van der Waals surface area (Å²) < 4.78 is 33.9. The molecule has 0 radical (unpaired) electrons. The number of aryl methyl sites for hydroxylation is 1. The summed E-state index contributed by atoms with van der Waals surface area (Å²) >= 11 is 0. The standard InChI is InChI=1S/C21H18N4O.C2HF3O2/c1-25-19-5-3-2-4-14(19)11-20(25)18-10-13(6-8-22-18)17-12-15-16(24-17)7-9-23-21(15)26;3-2(4,5)1(6)7/h2-6,8,10-12,24H,7,9H2,1H3,(H,23,26);(H,6,7). The van der Waals surface area contributed by atoms with Gasteiger partial charge in [0.05, 0.1) is 17.0 Å². The number of aromatic amines is 1. The zero-order valence-electron chi connectivity index (χ0n) is 17.4. The van der Waals surface area contributed by atoms with Gasteiger partial charge < -0.3 is 20.0 Å². The Balaban J connectivity index is 0.000000325. The average molecular weight is 456 g/mol. The van der Waals surface area contributed by atoms with Crippen LogP contribution < -0.4 is 5.32 Å². The molecule has 1 amide bonds. The Labute approximate surface area is 185 Å². The van der Waals surface area contributed by atoms with E-state index >= 15 is 0 Å². The number of aliphatic carboxylic acids is 1. The number of pyridine rings is 1. The van der Waals surface area contributed by atoms with Crippen LogP contribution in [0.25, 0.3) is 33.5 Å². The van der Waals surface area contributed by atoms with Crippen LogP contribution in [0.2, 0.25) is 0 Å². The van der Waals surface area contributed by atoms with Crippen molar-refractivity contribution < 1.29 is 27.9 Å². The van der Waals surface area contributed by atoms with Crippen LogP contribution in [0.15, 0.2) is 54.7 Å². The Kier molecular flexibility index (Phi) is 5.67. The second-order valence-electron chi connectivity index (χ2n) is 7.46. The largest absolute Gasteiger partial charge is 0.490 e. The summed E-state index contributed by atoms with van der Waals surface area (Å²) in [5, 5.41) is 11.2. The molecule has 33 heavy (non-hydrogen) atoms. The highest BCUT2D eigenvalue weighted by atomic mass is 19.4. The quantitative estimate of drug-likeness (QED) is 0.422. The first-order valence-corrected chi connectivity index (χ1v) is 9.96. The van der Waals surface area contributed by atoms with Crippen molar-refractivity contribution in [1.82, 2.24) is 19.9 Å². The Bertz CT molecular complexity index is 1350. The van der Waals surface area contributed by atoms with E-state index in [-0.39, 0.29) is 5.91 Å². The van der Waals surface area contributed by atoms with E-state index in [9.17, 15) is 18.0 Å². The number of aromatic nitrogens is 3. The topological polar surface area (TPSA) is 100 Å². The van der Waals surface area contributed by atoms with E-state index in [0.29, 0.717) is 6.54 Å². The molecule has 0 bridgehead atoms. The molecular formula is C23H19F3N4O3. The van der Waals surface area contributed by atoms with Crippen LogP contribution in [-0.2, 0) is 18.3 Å². The molecule has 10 heteroatoms. The van der Waals surface area contributed by atoms with Crippen LogP contribution >= 0.6 is 0 Å². The first-order valence-electron chi connectivity index (χ1n) is 9.96. The molecule has 0 fully saturated rings. The maximum atomic E-state index is 12.0. The van der Waals surface area contributed by atoms with Gasteiger partial charge in [-0.05, 0) is 30.3 Å². The second-order valence-corrected chi connectivity index (χ2v) is 7.46. The van der Waals surface area contributed by atoms with Crippen molar-refractivity contribution >= 4 is 22.8 Å². The fraction of sp³-hybridized carbons (Fsp3) is 0.174. The molecule has 4 aromatic rings. The summed E-state index contributed by atoms with van der Waals surface area (Å²) in [6.45, 7) is 0.684. The SMILES string of the molecule is Cn1c(-c2cc(-c3cc4c([nH]3)CCNC4=O)ccn2)cc2ccccc21.O=C(O)C(F)(F)F. The zero-order chi connectivity index (χ0) is 23.8. The third-order valence-corrected chi connectivity index (χ3v) is 5.33. The van der Waals surface area contributed by atoms with Crippen LogP contribution in [0.5, 0.6) is 0 Å². The number of benzene rings is 1. The van der Waals surface area contributed by atoms with Crippen molar-refractivity contribution in [2.75, 3.05) is 6.54 Å². The van der Waals surface area contributed by atoms with Gasteiger partial charge >= 0.3 is 12.1 Å². The smallest absolute Gasteiger partial charge is 0.475 e. The number of carbonyl (C=O) groups excluding carboxylic acids is 1. The fourth-order valence-electron chi connectivity index (χ4n) is 3.72. The summed E-state index contributed by atoms with van der Waals surface area (Å²) in [6, 6.07) is 16.5. The average Bonchev–Trinajstić information content (AvgIpc) is 3.37. The number of alkyl halides is 3. The van der Waals surface area contributed by atoms with Gasteiger partial charge in [0, 0.05) is 54.1 Å². The lowest BCUT2D eigenvalue weighted by Crippen LogP contribution is -2.31. The second kappa shape index (κ2) is 8.45. The minimum absolute atomic E-state index is 0.00304. The minimum atomic E-state index is -5.08. The normalized spacial score (nSPS) is 13.2. The summed E-state index contributed by atoms with van der Waals surface area (Å²) in [7, 11) is 2.06. The van der Waals surface area contributed by atoms with E-state index in [0.717, 1.165) is 40.3 Å². The fourth-order valence-corrected chi connectivity index (χ4v) is 3.72. The van der Waals surface area contributed by atoms with Crippen LogP contribution in [0, 0.1) is 0 Å². The molecule has 0 saturated heterocycles. The summed E-state index contributed by atoms with van der Waals surface area (Å²) in [5.74, 6) is -2.76. The van der Waals surface area contributed by atoms with E-state index in [1.807, 2.05) is 30.5 Å². The number of para-hydroxylation sites is 1. The monoisotopic (exact) mass is 456 g/mol. The van der Waals surface area contributed by atoms with Gasteiger partial charge in [-0.1, -0.05) is 18.2 Å². The molecule has 3 N–H and O–H groups in total. The molecule has 0 atom stereocenters.